The molecule has 1 aliphatic heterocycles. The van der Waals surface area contributed by atoms with Gasteiger partial charge in [-0.3, -0.25) is 0 Å². The van der Waals surface area contributed by atoms with Gasteiger partial charge >= 0.3 is 0 Å². The lowest BCUT2D eigenvalue weighted by molar-refractivity contribution is -0.00652. The zero-order chi connectivity index (χ0) is 18.0. The zero-order valence-corrected chi connectivity index (χ0v) is 16.1. The second-order valence-corrected chi connectivity index (χ2v) is 7.87. The Morgan fingerprint density at radius 3 is 2.50 bits per heavy atom. The Hall–Kier alpha value is -0.950. The number of rotatable bonds is 6. The number of hydrogen-bond acceptors (Lipinski definition) is 4. The van der Waals surface area contributed by atoms with Crippen LogP contribution in [0, 0.1) is 6.92 Å². The highest BCUT2D eigenvalue weighted by Gasteiger charge is 2.31. The van der Waals surface area contributed by atoms with Gasteiger partial charge < -0.3 is 9.47 Å². The Balaban J connectivity index is 0.000000891. The second kappa shape index (κ2) is 10.8. The molecular weight excluding hydrogens is 326 g/mol. The molecule has 1 aromatic rings. The SMILES string of the molecule is CCC.COCCOC1CCCN(S(=O)(=O)c2ccccc2C)C1. The number of piperidine rings is 1. The number of ether oxygens (including phenoxy) is 2. The van der Waals surface area contributed by atoms with Crippen molar-refractivity contribution in [3.8, 4) is 0 Å². The monoisotopic (exact) mass is 357 g/mol. The largest absolute Gasteiger partial charge is 0.382 e. The molecule has 1 aliphatic rings. The molecule has 1 heterocycles. The molecule has 1 fully saturated rings. The average molecular weight is 358 g/mol. The third kappa shape index (κ3) is 6.16. The number of benzene rings is 1. The first kappa shape index (κ1) is 21.1. The Morgan fingerprint density at radius 2 is 1.88 bits per heavy atom. The highest BCUT2D eigenvalue weighted by atomic mass is 32.2. The molecule has 1 unspecified atom stereocenters. The van der Waals surface area contributed by atoms with Crippen molar-refractivity contribution in [1.82, 2.24) is 4.31 Å². The van der Waals surface area contributed by atoms with Gasteiger partial charge in [-0.15, -0.1) is 0 Å². The van der Waals surface area contributed by atoms with E-state index in [1.807, 2.05) is 19.1 Å². The summed E-state index contributed by atoms with van der Waals surface area (Å²) < 4.78 is 37.6. The quantitative estimate of drug-likeness (QED) is 0.734. The van der Waals surface area contributed by atoms with Crippen LogP contribution in [0.4, 0.5) is 0 Å². The van der Waals surface area contributed by atoms with E-state index in [2.05, 4.69) is 13.8 Å². The molecule has 6 heteroatoms. The molecule has 0 N–H and O–H groups in total. The summed E-state index contributed by atoms with van der Waals surface area (Å²) in [4.78, 5) is 0.391. The number of sulfonamides is 1. The van der Waals surface area contributed by atoms with E-state index >= 15 is 0 Å². The second-order valence-electron chi connectivity index (χ2n) is 5.96. The van der Waals surface area contributed by atoms with Gasteiger partial charge in [0, 0.05) is 20.2 Å². The standard InChI is InChI=1S/C15H23NO4S.C3H8/c1-13-6-3-4-8-15(13)21(17,18)16-9-5-7-14(12-16)20-11-10-19-2;1-3-2/h3-4,6,8,14H,5,7,9-12H2,1-2H3;3H2,1-2H3. The normalized spacial score (nSPS) is 18.8. The van der Waals surface area contributed by atoms with Gasteiger partial charge in [-0.25, -0.2) is 8.42 Å². The number of methoxy groups -OCH3 is 1. The van der Waals surface area contributed by atoms with E-state index in [-0.39, 0.29) is 6.10 Å². The van der Waals surface area contributed by atoms with Gasteiger partial charge in [-0.2, -0.15) is 4.31 Å². The van der Waals surface area contributed by atoms with E-state index in [1.165, 1.54) is 10.7 Å². The van der Waals surface area contributed by atoms with Crippen molar-refractivity contribution in [3.63, 3.8) is 0 Å². The van der Waals surface area contributed by atoms with Crippen molar-refractivity contribution in [1.29, 1.82) is 0 Å². The Bertz CT molecular complexity index is 574. The highest BCUT2D eigenvalue weighted by Crippen LogP contribution is 2.24. The summed E-state index contributed by atoms with van der Waals surface area (Å²) in [7, 11) is -1.81. The maximum atomic E-state index is 12.7. The molecule has 0 saturated carbocycles. The lowest BCUT2D eigenvalue weighted by Crippen LogP contribution is -2.43. The van der Waals surface area contributed by atoms with Crippen molar-refractivity contribution in [2.75, 3.05) is 33.4 Å². The van der Waals surface area contributed by atoms with Crippen molar-refractivity contribution in [2.24, 2.45) is 0 Å². The van der Waals surface area contributed by atoms with Crippen LogP contribution in [0.25, 0.3) is 0 Å². The number of hydrogen-bond donors (Lipinski definition) is 0. The van der Waals surface area contributed by atoms with E-state index in [0.29, 0.717) is 31.2 Å². The molecule has 0 bridgehead atoms. The van der Waals surface area contributed by atoms with Gasteiger partial charge in [0.05, 0.1) is 24.2 Å². The Morgan fingerprint density at radius 1 is 1.21 bits per heavy atom. The predicted octanol–water partition coefficient (Wildman–Crippen LogP) is 3.23. The van der Waals surface area contributed by atoms with Crippen LogP contribution in [0.2, 0.25) is 0 Å². The van der Waals surface area contributed by atoms with Crippen LogP contribution < -0.4 is 0 Å². The summed E-state index contributed by atoms with van der Waals surface area (Å²) in [6, 6.07) is 7.10. The summed E-state index contributed by atoms with van der Waals surface area (Å²) in [5.41, 5.74) is 0.778. The molecule has 0 amide bonds. The van der Waals surface area contributed by atoms with Crippen LogP contribution in [0.1, 0.15) is 38.7 Å². The van der Waals surface area contributed by atoms with Gasteiger partial charge in [0.1, 0.15) is 0 Å². The molecule has 0 aliphatic carbocycles. The summed E-state index contributed by atoms with van der Waals surface area (Å²) >= 11 is 0. The average Bonchev–Trinajstić information content (AvgIpc) is 2.56. The van der Waals surface area contributed by atoms with Crippen LogP contribution >= 0.6 is 0 Å². The van der Waals surface area contributed by atoms with Crippen LogP contribution in [0.5, 0.6) is 0 Å². The Labute approximate surface area is 147 Å². The topological polar surface area (TPSA) is 55.8 Å². The lowest BCUT2D eigenvalue weighted by atomic mass is 10.1. The molecular formula is C18H31NO4S. The smallest absolute Gasteiger partial charge is 0.243 e. The molecule has 24 heavy (non-hydrogen) atoms. The summed E-state index contributed by atoms with van der Waals surface area (Å²) in [6.07, 6.45) is 2.92. The van der Waals surface area contributed by atoms with Crippen LogP contribution in [-0.4, -0.2) is 52.2 Å². The first-order chi connectivity index (χ1) is 11.5. The van der Waals surface area contributed by atoms with Gasteiger partial charge in [-0.1, -0.05) is 38.5 Å². The van der Waals surface area contributed by atoms with Gasteiger partial charge in [-0.05, 0) is 31.4 Å². The maximum Gasteiger partial charge on any atom is 0.243 e. The van der Waals surface area contributed by atoms with E-state index in [1.54, 1.807) is 19.2 Å². The van der Waals surface area contributed by atoms with Crippen LogP contribution in [-0.2, 0) is 19.5 Å². The molecule has 0 spiro atoms. The Kier molecular flexibility index (Phi) is 9.51. The molecule has 2 rings (SSSR count). The molecule has 138 valence electrons. The fraction of sp³-hybridized carbons (Fsp3) is 0.667. The molecule has 1 saturated heterocycles. The van der Waals surface area contributed by atoms with Crippen molar-refractivity contribution in [2.45, 2.75) is 51.0 Å². The number of nitrogens with zero attached hydrogens (tertiary/aromatic N) is 1. The summed E-state index contributed by atoms with van der Waals surface area (Å²) in [6.45, 7) is 8.07. The minimum Gasteiger partial charge on any atom is -0.382 e. The predicted molar refractivity (Wildman–Crippen MR) is 96.8 cm³/mol. The maximum absolute atomic E-state index is 12.7. The molecule has 0 aromatic heterocycles. The third-order valence-corrected chi connectivity index (χ3v) is 5.72. The minimum absolute atomic E-state index is 0.0484. The highest BCUT2D eigenvalue weighted by molar-refractivity contribution is 7.89. The molecule has 0 radical (unpaired) electrons. The van der Waals surface area contributed by atoms with Crippen LogP contribution in [0.15, 0.2) is 29.2 Å². The van der Waals surface area contributed by atoms with Crippen molar-refractivity contribution in [3.05, 3.63) is 29.8 Å². The summed E-state index contributed by atoms with van der Waals surface area (Å²) in [5, 5.41) is 0. The van der Waals surface area contributed by atoms with Gasteiger partial charge in [0.2, 0.25) is 10.0 Å². The van der Waals surface area contributed by atoms with E-state index in [4.69, 9.17) is 9.47 Å². The number of aryl methyl sites for hydroxylation is 1. The lowest BCUT2D eigenvalue weighted by Gasteiger charge is -2.32. The first-order valence-electron chi connectivity index (χ1n) is 8.63. The zero-order valence-electron chi connectivity index (χ0n) is 15.3. The molecule has 1 atom stereocenters. The minimum atomic E-state index is -3.43. The van der Waals surface area contributed by atoms with E-state index < -0.39 is 10.0 Å². The van der Waals surface area contributed by atoms with E-state index in [9.17, 15) is 8.42 Å². The third-order valence-electron chi connectivity index (χ3n) is 3.69. The van der Waals surface area contributed by atoms with Crippen LogP contribution in [0.3, 0.4) is 0 Å². The van der Waals surface area contributed by atoms with Gasteiger partial charge in [0.15, 0.2) is 0 Å². The molecule has 5 nitrogen and oxygen atoms in total. The van der Waals surface area contributed by atoms with Gasteiger partial charge in [0.25, 0.3) is 0 Å². The van der Waals surface area contributed by atoms with Crippen molar-refractivity contribution >= 4 is 10.0 Å². The van der Waals surface area contributed by atoms with E-state index in [0.717, 1.165) is 18.4 Å². The fourth-order valence-corrected chi connectivity index (χ4v) is 4.28. The summed E-state index contributed by atoms with van der Waals surface area (Å²) in [5.74, 6) is 0. The fourth-order valence-electron chi connectivity index (χ4n) is 2.54. The van der Waals surface area contributed by atoms with Crippen molar-refractivity contribution < 1.29 is 17.9 Å². The molecule has 1 aromatic carbocycles. The first-order valence-corrected chi connectivity index (χ1v) is 10.1.